The van der Waals surface area contributed by atoms with Gasteiger partial charge in [-0.2, -0.15) is 0 Å². The highest BCUT2D eigenvalue weighted by atomic mass is 16.7. The van der Waals surface area contributed by atoms with E-state index in [1.54, 1.807) is 0 Å². The number of hydrogen-bond acceptors (Lipinski definition) is 10. The average Bonchev–Trinajstić information content (AvgIpc) is 2.80. The topological polar surface area (TPSA) is 159 Å². The quantitative estimate of drug-likeness (QED) is 0.241. The van der Waals surface area contributed by atoms with Crippen LogP contribution >= 0.6 is 0 Å². The molecule has 33 heavy (non-hydrogen) atoms. The molecule has 1 aromatic carbocycles. The van der Waals surface area contributed by atoms with Crippen LogP contribution in [0.5, 0.6) is 17.2 Å². The lowest BCUT2D eigenvalue weighted by Crippen LogP contribution is -2.60. The zero-order valence-electron chi connectivity index (χ0n) is 18.6. The van der Waals surface area contributed by atoms with Crippen molar-refractivity contribution in [1.29, 1.82) is 0 Å². The molecule has 10 nitrogen and oxygen atoms in total. The number of unbranched alkanes of at least 4 members (excludes halogenated alkanes) is 5. The van der Waals surface area contributed by atoms with E-state index in [1.165, 1.54) is 24.6 Å². The number of hydrogen-bond donors (Lipinski definition) is 5. The Morgan fingerprint density at radius 2 is 1.73 bits per heavy atom. The molecule has 0 aliphatic carbocycles. The number of rotatable bonds is 11. The molecule has 0 saturated carbocycles. The molecule has 1 aliphatic rings. The van der Waals surface area contributed by atoms with Crippen LogP contribution in [0.25, 0.3) is 11.0 Å². The highest BCUT2D eigenvalue weighted by Crippen LogP contribution is 2.34. The van der Waals surface area contributed by atoms with Crippen LogP contribution in [-0.2, 0) is 4.74 Å². The third kappa shape index (κ3) is 5.96. The first kappa shape index (κ1) is 25.3. The molecule has 1 aliphatic heterocycles. The molecular formula is C23H32O10. The molecule has 0 bridgehead atoms. The second kappa shape index (κ2) is 11.7. The summed E-state index contributed by atoms with van der Waals surface area (Å²) in [4.78, 5) is 12.3. The Bertz CT molecular complexity index is 956. The van der Waals surface area contributed by atoms with E-state index in [1.807, 2.05) is 0 Å². The molecule has 2 aromatic rings. The molecule has 0 amide bonds. The first-order valence-electron chi connectivity index (χ1n) is 11.3. The van der Waals surface area contributed by atoms with Crippen molar-refractivity contribution in [1.82, 2.24) is 0 Å². The van der Waals surface area contributed by atoms with Gasteiger partial charge in [0.05, 0.1) is 18.6 Å². The van der Waals surface area contributed by atoms with Crippen LogP contribution in [0, 0.1) is 0 Å². The van der Waals surface area contributed by atoms with Crippen LogP contribution in [0.15, 0.2) is 27.4 Å². The molecule has 0 radical (unpaired) electrons. The third-order valence-electron chi connectivity index (χ3n) is 5.66. The third-order valence-corrected chi connectivity index (χ3v) is 5.66. The Hall–Kier alpha value is -2.37. The van der Waals surface area contributed by atoms with Crippen molar-refractivity contribution in [3.8, 4) is 17.2 Å². The Labute approximate surface area is 190 Å². The van der Waals surface area contributed by atoms with Crippen molar-refractivity contribution >= 4 is 11.0 Å². The first-order chi connectivity index (χ1) is 15.9. The van der Waals surface area contributed by atoms with Crippen LogP contribution in [0.1, 0.15) is 45.4 Å². The van der Waals surface area contributed by atoms with E-state index in [2.05, 4.69) is 6.92 Å². The summed E-state index contributed by atoms with van der Waals surface area (Å²) in [6, 6.07) is 4.21. The smallest absolute Gasteiger partial charge is 0.383 e. The lowest BCUT2D eigenvalue weighted by Gasteiger charge is -2.39. The Kier molecular flexibility index (Phi) is 8.93. The largest absolute Gasteiger partial charge is 0.504 e. The van der Waals surface area contributed by atoms with E-state index in [-0.39, 0.29) is 34.8 Å². The molecule has 5 atom stereocenters. The number of aliphatic hydroxyl groups excluding tert-OH is 4. The molecule has 2 heterocycles. The average molecular weight is 468 g/mol. The van der Waals surface area contributed by atoms with Crippen LogP contribution in [0.2, 0.25) is 0 Å². The van der Waals surface area contributed by atoms with Gasteiger partial charge in [0.15, 0.2) is 5.75 Å². The zero-order valence-corrected chi connectivity index (χ0v) is 18.6. The van der Waals surface area contributed by atoms with Gasteiger partial charge in [0.1, 0.15) is 35.7 Å². The van der Waals surface area contributed by atoms with Crippen LogP contribution in [0.3, 0.4) is 0 Å². The lowest BCUT2D eigenvalue weighted by atomic mass is 9.99. The minimum Gasteiger partial charge on any atom is -0.504 e. The van der Waals surface area contributed by atoms with E-state index in [9.17, 15) is 30.3 Å². The fourth-order valence-electron chi connectivity index (χ4n) is 3.70. The fourth-order valence-corrected chi connectivity index (χ4v) is 3.70. The van der Waals surface area contributed by atoms with Crippen molar-refractivity contribution in [3.05, 3.63) is 28.6 Å². The SMILES string of the molecule is CCCCCCCCOc1c(O)c2ccc(OC3O[C@H](CO)[C@@H](O)[C@H](O)[C@H]3O)cc2oc1=O. The molecule has 1 saturated heterocycles. The summed E-state index contributed by atoms with van der Waals surface area (Å²) in [6.45, 7) is 1.84. The summed E-state index contributed by atoms with van der Waals surface area (Å²) < 4.78 is 21.6. The van der Waals surface area contributed by atoms with Crippen molar-refractivity contribution in [3.63, 3.8) is 0 Å². The maximum atomic E-state index is 12.3. The monoisotopic (exact) mass is 468 g/mol. The number of aliphatic hydroxyl groups is 4. The van der Waals surface area contributed by atoms with Gasteiger partial charge in [-0.15, -0.1) is 0 Å². The summed E-state index contributed by atoms with van der Waals surface area (Å²) in [5.41, 5.74) is -0.817. The van der Waals surface area contributed by atoms with Gasteiger partial charge in [-0.05, 0) is 18.6 Å². The predicted molar refractivity (Wildman–Crippen MR) is 117 cm³/mol. The summed E-state index contributed by atoms with van der Waals surface area (Å²) in [6.07, 6.45) is -0.862. The molecule has 5 N–H and O–H groups in total. The first-order valence-corrected chi connectivity index (χ1v) is 11.3. The van der Waals surface area contributed by atoms with Gasteiger partial charge in [0.25, 0.3) is 0 Å². The van der Waals surface area contributed by atoms with Gasteiger partial charge in [-0.1, -0.05) is 39.0 Å². The van der Waals surface area contributed by atoms with Gasteiger partial charge in [0, 0.05) is 6.07 Å². The van der Waals surface area contributed by atoms with Gasteiger partial charge < -0.3 is 44.2 Å². The number of benzene rings is 1. The maximum absolute atomic E-state index is 12.3. The van der Waals surface area contributed by atoms with E-state index >= 15 is 0 Å². The summed E-state index contributed by atoms with van der Waals surface area (Å²) >= 11 is 0. The summed E-state index contributed by atoms with van der Waals surface area (Å²) in [7, 11) is 0. The van der Waals surface area contributed by atoms with Gasteiger partial charge in [0.2, 0.25) is 12.0 Å². The van der Waals surface area contributed by atoms with Crippen molar-refractivity contribution in [2.24, 2.45) is 0 Å². The second-order valence-electron chi connectivity index (χ2n) is 8.16. The second-order valence-corrected chi connectivity index (χ2v) is 8.16. The fraction of sp³-hybridized carbons (Fsp3) is 0.609. The Balaban J connectivity index is 1.69. The van der Waals surface area contributed by atoms with Gasteiger partial charge >= 0.3 is 5.63 Å². The summed E-state index contributed by atoms with van der Waals surface area (Å²) in [5.74, 6) is -0.486. The van der Waals surface area contributed by atoms with Crippen LogP contribution in [0.4, 0.5) is 0 Å². The minimum atomic E-state index is -1.59. The number of aromatic hydroxyl groups is 1. The van der Waals surface area contributed by atoms with E-state index in [0.29, 0.717) is 0 Å². The van der Waals surface area contributed by atoms with Crippen LogP contribution in [-0.4, -0.2) is 69.5 Å². The maximum Gasteiger partial charge on any atom is 0.383 e. The standard InChI is InChI=1S/C23H32O10/c1-2-3-4-5-6-7-10-30-21-17(25)14-9-8-13(11-15(14)32-22(21)29)31-23-20(28)19(27)18(26)16(12-24)33-23/h8-9,11,16,18-20,23-28H,2-7,10,12H2,1H3/t16-,18-,19+,20-,23?/m1/s1. The van der Waals surface area contributed by atoms with Gasteiger partial charge in [-0.25, -0.2) is 4.79 Å². The molecule has 1 aromatic heterocycles. The van der Waals surface area contributed by atoms with Crippen molar-refractivity contribution in [2.75, 3.05) is 13.2 Å². The number of fused-ring (bicyclic) bond motifs is 1. The van der Waals surface area contributed by atoms with Crippen molar-refractivity contribution < 1.29 is 44.2 Å². The molecule has 1 unspecified atom stereocenters. The molecular weight excluding hydrogens is 436 g/mol. The Morgan fingerprint density at radius 1 is 1.00 bits per heavy atom. The predicted octanol–water partition coefficient (Wildman–Crippen LogP) is 1.42. The molecule has 1 fully saturated rings. The summed E-state index contributed by atoms with van der Waals surface area (Å²) in [5, 5.41) is 49.9. The van der Waals surface area contributed by atoms with Gasteiger partial charge in [-0.3, -0.25) is 0 Å². The molecule has 3 rings (SSSR count). The Morgan fingerprint density at radius 3 is 2.45 bits per heavy atom. The number of ether oxygens (including phenoxy) is 3. The molecule has 184 valence electrons. The molecule has 0 spiro atoms. The van der Waals surface area contributed by atoms with E-state index in [4.69, 9.17) is 18.6 Å². The van der Waals surface area contributed by atoms with E-state index < -0.39 is 42.9 Å². The van der Waals surface area contributed by atoms with E-state index in [0.717, 1.165) is 32.1 Å². The normalized spacial score (nSPS) is 25.3. The molecule has 10 heteroatoms. The van der Waals surface area contributed by atoms with Crippen molar-refractivity contribution in [2.45, 2.75) is 76.2 Å². The lowest BCUT2D eigenvalue weighted by molar-refractivity contribution is -0.277. The van der Waals surface area contributed by atoms with Crippen LogP contribution < -0.4 is 15.1 Å². The zero-order chi connectivity index (χ0) is 24.0. The minimum absolute atomic E-state index is 0.0199. The highest BCUT2D eigenvalue weighted by Gasteiger charge is 2.44. The highest BCUT2D eigenvalue weighted by molar-refractivity contribution is 5.86.